The minimum Gasteiger partial charge on any atom is -0.462 e. The van der Waals surface area contributed by atoms with Gasteiger partial charge in [-0.3, -0.25) is 0 Å². The van der Waals surface area contributed by atoms with Crippen LogP contribution in [0.2, 0.25) is 5.15 Å². The molecule has 0 saturated carbocycles. The highest BCUT2D eigenvalue weighted by Gasteiger charge is 2.14. The summed E-state index contributed by atoms with van der Waals surface area (Å²) in [6, 6.07) is 0. The van der Waals surface area contributed by atoms with Gasteiger partial charge in [0.1, 0.15) is 23.1 Å². The topological polar surface area (TPSA) is 61.3 Å². The van der Waals surface area contributed by atoms with Gasteiger partial charge in [-0.2, -0.15) is 0 Å². The normalized spacial score (nSPS) is 10.8. The zero-order valence-electron chi connectivity index (χ0n) is 10.2. The second-order valence-electron chi connectivity index (χ2n) is 3.43. The number of halogens is 3. The molecule has 0 aliphatic heterocycles. The second kappa shape index (κ2) is 7.96. The maximum absolute atomic E-state index is 11.8. The van der Waals surface area contributed by atoms with Crippen LogP contribution in [0.15, 0.2) is 6.20 Å². The summed E-state index contributed by atoms with van der Waals surface area (Å²) < 4.78 is 33.1. The summed E-state index contributed by atoms with van der Waals surface area (Å²) in [4.78, 5) is 19.2. The van der Waals surface area contributed by atoms with Crippen LogP contribution in [0.5, 0.6) is 0 Å². The molecule has 0 saturated heterocycles. The van der Waals surface area contributed by atoms with Gasteiger partial charge < -0.3 is 9.47 Å². The van der Waals surface area contributed by atoms with Crippen molar-refractivity contribution in [1.29, 1.82) is 0 Å². The van der Waals surface area contributed by atoms with Crippen LogP contribution < -0.4 is 0 Å². The number of hydrogen-bond donors (Lipinski definition) is 0. The summed E-state index contributed by atoms with van der Waals surface area (Å²) in [7, 11) is 0. The number of carbonyl (C=O) groups excluding carboxylic acids is 1. The van der Waals surface area contributed by atoms with E-state index in [9.17, 15) is 13.6 Å². The van der Waals surface area contributed by atoms with Gasteiger partial charge in [0.2, 0.25) is 0 Å². The molecule has 0 N–H and O–H groups in total. The Labute approximate surface area is 113 Å². The highest BCUT2D eigenvalue weighted by atomic mass is 35.5. The molecular weight excluding hydrogens is 282 g/mol. The van der Waals surface area contributed by atoms with E-state index >= 15 is 0 Å². The van der Waals surface area contributed by atoms with Gasteiger partial charge in [-0.15, -0.1) is 0 Å². The molecule has 1 rings (SSSR count). The van der Waals surface area contributed by atoms with E-state index in [0.29, 0.717) is 5.82 Å². The molecule has 0 bridgehead atoms. The molecule has 8 heteroatoms. The first-order chi connectivity index (χ1) is 9.04. The van der Waals surface area contributed by atoms with Crippen LogP contribution in [-0.4, -0.2) is 42.2 Å². The summed E-state index contributed by atoms with van der Waals surface area (Å²) in [6.07, 6.45) is -1.03. The lowest BCUT2D eigenvalue weighted by Crippen LogP contribution is -2.11. The average Bonchev–Trinajstić information content (AvgIpc) is 2.34. The fourth-order valence-corrected chi connectivity index (χ4v) is 1.42. The van der Waals surface area contributed by atoms with Gasteiger partial charge in [-0.05, 0) is 6.92 Å². The van der Waals surface area contributed by atoms with Gasteiger partial charge in [0.25, 0.3) is 6.43 Å². The molecule has 1 aromatic heterocycles. The molecule has 0 unspecified atom stereocenters. The van der Waals surface area contributed by atoms with E-state index in [2.05, 4.69) is 9.97 Å². The van der Waals surface area contributed by atoms with Crippen LogP contribution in [0.25, 0.3) is 0 Å². The number of aromatic nitrogens is 2. The highest BCUT2D eigenvalue weighted by Crippen LogP contribution is 2.13. The van der Waals surface area contributed by atoms with Crippen molar-refractivity contribution >= 4 is 17.6 Å². The number of esters is 1. The molecule has 5 nitrogen and oxygen atoms in total. The SMILES string of the molecule is CCOC(=O)c1cnc(CCOCC(F)F)nc1Cl. The van der Waals surface area contributed by atoms with Crippen molar-refractivity contribution in [2.24, 2.45) is 0 Å². The van der Waals surface area contributed by atoms with Crippen molar-refractivity contribution in [1.82, 2.24) is 9.97 Å². The lowest BCUT2D eigenvalue weighted by Gasteiger charge is -2.05. The molecule has 106 valence electrons. The molecule has 1 aromatic rings. The largest absolute Gasteiger partial charge is 0.462 e. The van der Waals surface area contributed by atoms with Crippen LogP contribution >= 0.6 is 11.6 Å². The Balaban J connectivity index is 2.54. The number of nitrogens with zero attached hydrogens (tertiary/aromatic N) is 2. The van der Waals surface area contributed by atoms with Crippen LogP contribution in [-0.2, 0) is 15.9 Å². The van der Waals surface area contributed by atoms with Crippen molar-refractivity contribution in [3.63, 3.8) is 0 Å². The van der Waals surface area contributed by atoms with Gasteiger partial charge in [0.15, 0.2) is 0 Å². The van der Waals surface area contributed by atoms with Gasteiger partial charge in [-0.1, -0.05) is 11.6 Å². The lowest BCUT2D eigenvalue weighted by molar-refractivity contribution is 0.0182. The Hall–Kier alpha value is -1.34. The van der Waals surface area contributed by atoms with E-state index in [0.717, 1.165) is 0 Å². The molecule has 0 radical (unpaired) electrons. The number of carbonyl (C=O) groups is 1. The maximum Gasteiger partial charge on any atom is 0.342 e. The van der Waals surface area contributed by atoms with Crippen LogP contribution in [0, 0.1) is 0 Å². The Morgan fingerprint density at radius 2 is 2.26 bits per heavy atom. The fourth-order valence-electron chi connectivity index (χ4n) is 1.20. The first kappa shape index (κ1) is 15.7. The number of hydrogen-bond acceptors (Lipinski definition) is 5. The van der Waals surface area contributed by atoms with Crippen LogP contribution in [0.1, 0.15) is 23.1 Å². The third kappa shape index (κ3) is 5.44. The quantitative estimate of drug-likeness (QED) is 0.438. The molecule has 19 heavy (non-hydrogen) atoms. The standard InChI is InChI=1S/C11H13ClF2N2O3/c1-2-19-11(17)7-5-15-9(16-10(7)12)3-4-18-6-8(13)14/h5,8H,2-4,6H2,1H3. The molecule has 0 amide bonds. The van der Waals surface area contributed by atoms with E-state index in [-0.39, 0.29) is 30.4 Å². The predicted molar refractivity (Wildman–Crippen MR) is 63.5 cm³/mol. The molecular formula is C11H13ClF2N2O3. The first-order valence-corrected chi connectivity index (χ1v) is 5.96. The summed E-state index contributed by atoms with van der Waals surface area (Å²) in [6.45, 7) is 1.31. The average molecular weight is 295 g/mol. The lowest BCUT2D eigenvalue weighted by atomic mass is 10.3. The third-order valence-corrected chi connectivity index (χ3v) is 2.29. The van der Waals surface area contributed by atoms with E-state index in [1.165, 1.54) is 6.20 Å². The molecule has 0 atom stereocenters. The molecule has 0 spiro atoms. The number of ether oxygens (including phenoxy) is 2. The van der Waals surface area contributed by atoms with Gasteiger partial charge in [0.05, 0.1) is 13.2 Å². The zero-order valence-corrected chi connectivity index (χ0v) is 11.0. The highest BCUT2D eigenvalue weighted by molar-refractivity contribution is 6.32. The molecule has 0 fully saturated rings. The molecule has 0 aliphatic carbocycles. The zero-order chi connectivity index (χ0) is 14.3. The van der Waals surface area contributed by atoms with E-state index in [1.807, 2.05) is 0 Å². The molecule has 0 aromatic carbocycles. The summed E-state index contributed by atoms with van der Waals surface area (Å²) in [5.74, 6) is -0.291. The van der Waals surface area contributed by atoms with Crippen molar-refractivity contribution < 1.29 is 23.0 Å². The van der Waals surface area contributed by atoms with Gasteiger partial charge in [0, 0.05) is 12.6 Å². The van der Waals surface area contributed by atoms with E-state index in [4.69, 9.17) is 21.1 Å². The fraction of sp³-hybridized carbons (Fsp3) is 0.545. The van der Waals surface area contributed by atoms with E-state index < -0.39 is 19.0 Å². The monoisotopic (exact) mass is 294 g/mol. The van der Waals surface area contributed by atoms with Crippen molar-refractivity contribution in [3.8, 4) is 0 Å². The second-order valence-corrected chi connectivity index (χ2v) is 3.79. The van der Waals surface area contributed by atoms with Crippen molar-refractivity contribution in [3.05, 3.63) is 22.7 Å². The number of alkyl halides is 2. The predicted octanol–water partition coefficient (Wildman–Crippen LogP) is 2.13. The maximum atomic E-state index is 11.8. The Bertz CT molecular complexity index is 432. The third-order valence-electron chi connectivity index (χ3n) is 2.00. The van der Waals surface area contributed by atoms with Crippen molar-refractivity contribution in [2.75, 3.05) is 19.8 Å². The minimum absolute atomic E-state index is 0.0303. The Morgan fingerprint density at radius 1 is 1.53 bits per heavy atom. The number of rotatable bonds is 7. The molecule has 1 heterocycles. The van der Waals surface area contributed by atoms with Crippen LogP contribution in [0.3, 0.4) is 0 Å². The summed E-state index contributed by atoms with van der Waals surface area (Å²) in [5.41, 5.74) is 0.0702. The first-order valence-electron chi connectivity index (χ1n) is 5.59. The minimum atomic E-state index is -2.50. The molecule has 0 aliphatic rings. The Kier molecular flexibility index (Phi) is 6.58. The van der Waals surface area contributed by atoms with Gasteiger partial charge >= 0.3 is 5.97 Å². The van der Waals surface area contributed by atoms with E-state index in [1.54, 1.807) is 6.92 Å². The van der Waals surface area contributed by atoms with Crippen molar-refractivity contribution in [2.45, 2.75) is 19.8 Å². The van der Waals surface area contributed by atoms with Crippen LogP contribution in [0.4, 0.5) is 8.78 Å². The van der Waals surface area contributed by atoms with Gasteiger partial charge in [-0.25, -0.2) is 23.5 Å². The Morgan fingerprint density at radius 3 is 2.84 bits per heavy atom. The summed E-state index contributed by atoms with van der Waals surface area (Å²) >= 11 is 5.81. The summed E-state index contributed by atoms with van der Waals surface area (Å²) in [5, 5.41) is -0.0303. The smallest absolute Gasteiger partial charge is 0.342 e.